The van der Waals surface area contributed by atoms with Crippen molar-refractivity contribution < 1.29 is 31.5 Å². The van der Waals surface area contributed by atoms with Gasteiger partial charge in [-0.2, -0.15) is 32.3 Å². The summed E-state index contributed by atoms with van der Waals surface area (Å²) in [6.45, 7) is 1.48. The molecule has 0 fully saturated rings. The smallest absolute Gasteiger partial charge is 0.458 e. The van der Waals surface area contributed by atoms with Gasteiger partial charge >= 0.3 is 18.1 Å². The minimum absolute atomic E-state index is 0.0223. The van der Waals surface area contributed by atoms with Crippen LogP contribution in [0.3, 0.4) is 0 Å². The fourth-order valence-corrected chi connectivity index (χ4v) is 1.88. The highest BCUT2D eigenvalue weighted by Gasteiger charge is 2.59. The van der Waals surface area contributed by atoms with Crippen molar-refractivity contribution in [3.8, 4) is 11.3 Å². The maximum Gasteiger partial charge on any atom is 0.458 e. The van der Waals surface area contributed by atoms with Crippen LogP contribution in [0.1, 0.15) is 23.0 Å². The number of benzene rings is 1. The summed E-state index contributed by atoms with van der Waals surface area (Å²) in [5, 5.41) is 8.99. The van der Waals surface area contributed by atoms with Crippen molar-refractivity contribution in [3.05, 3.63) is 35.5 Å². The normalized spacial score (nSPS) is 12.3. The van der Waals surface area contributed by atoms with Gasteiger partial charge in [0.15, 0.2) is 5.69 Å². The summed E-state index contributed by atoms with van der Waals surface area (Å²) < 4.78 is 70.0. The summed E-state index contributed by atoms with van der Waals surface area (Å²) in [7, 11) is 0. The maximum atomic E-state index is 13.7. The van der Waals surface area contributed by atoms with Crippen molar-refractivity contribution in [1.29, 1.82) is 0 Å². The van der Waals surface area contributed by atoms with Gasteiger partial charge in [-0.05, 0) is 6.92 Å². The van der Waals surface area contributed by atoms with E-state index in [4.69, 9.17) is 0 Å². The number of hydrogen-bond acceptors (Lipinski definition) is 4. The van der Waals surface area contributed by atoms with Gasteiger partial charge < -0.3 is 4.74 Å². The Kier molecular flexibility index (Phi) is 4.35. The van der Waals surface area contributed by atoms with Crippen LogP contribution in [0.25, 0.3) is 11.3 Å². The zero-order valence-electron chi connectivity index (χ0n) is 11.6. The van der Waals surface area contributed by atoms with Crippen molar-refractivity contribution in [2.75, 3.05) is 6.61 Å². The number of esters is 1. The lowest BCUT2D eigenvalue weighted by atomic mass is 9.97. The standard InChI is InChI=1S/C13H10F5N3O2/c1-2-23-11(22)10-9(19-21-20-10)7-5-3-4-6-8(7)12(14,15)13(16,17)18/h3-6H,2H2,1H3,(H,19,20,21). The lowest BCUT2D eigenvalue weighted by molar-refractivity contribution is -0.289. The molecule has 1 N–H and O–H groups in total. The van der Waals surface area contributed by atoms with Gasteiger partial charge in [0.1, 0.15) is 5.69 Å². The molecule has 124 valence electrons. The van der Waals surface area contributed by atoms with E-state index in [1.54, 1.807) is 0 Å². The molecule has 0 amide bonds. The van der Waals surface area contributed by atoms with Crippen molar-refractivity contribution in [3.63, 3.8) is 0 Å². The first-order chi connectivity index (χ1) is 10.7. The number of aromatic amines is 1. The van der Waals surface area contributed by atoms with Gasteiger partial charge in [-0.25, -0.2) is 4.79 Å². The summed E-state index contributed by atoms with van der Waals surface area (Å²) in [6, 6.07) is 3.89. The Bertz CT molecular complexity index is 712. The van der Waals surface area contributed by atoms with E-state index < -0.39 is 40.6 Å². The van der Waals surface area contributed by atoms with Gasteiger partial charge in [0.2, 0.25) is 0 Å². The molecule has 0 atom stereocenters. The molecule has 1 aromatic carbocycles. The number of nitrogens with one attached hydrogen (secondary N) is 1. The lowest BCUT2D eigenvalue weighted by Gasteiger charge is -2.22. The molecule has 0 saturated carbocycles. The van der Waals surface area contributed by atoms with Gasteiger partial charge in [0.05, 0.1) is 6.61 Å². The Balaban J connectivity index is 2.60. The molecular formula is C13H10F5N3O2. The van der Waals surface area contributed by atoms with E-state index in [2.05, 4.69) is 14.9 Å². The third-order valence-electron chi connectivity index (χ3n) is 2.89. The van der Waals surface area contributed by atoms with Gasteiger partial charge in [0.25, 0.3) is 0 Å². The molecule has 0 aliphatic carbocycles. The Morgan fingerprint density at radius 1 is 1.17 bits per heavy atom. The summed E-state index contributed by atoms with van der Waals surface area (Å²) >= 11 is 0. The predicted molar refractivity (Wildman–Crippen MR) is 67.7 cm³/mol. The highest BCUT2D eigenvalue weighted by molar-refractivity contribution is 5.94. The van der Waals surface area contributed by atoms with E-state index >= 15 is 0 Å². The minimum atomic E-state index is -5.79. The number of aromatic nitrogens is 3. The number of ether oxygens (including phenoxy) is 1. The first-order valence-electron chi connectivity index (χ1n) is 6.32. The highest BCUT2D eigenvalue weighted by atomic mass is 19.4. The third kappa shape index (κ3) is 3.01. The SMILES string of the molecule is CCOC(=O)c1n[nH]nc1-c1ccccc1C(F)(F)C(F)(F)F. The van der Waals surface area contributed by atoms with Crippen molar-refractivity contribution >= 4 is 5.97 Å². The van der Waals surface area contributed by atoms with Gasteiger partial charge in [0, 0.05) is 11.1 Å². The number of alkyl halides is 5. The molecule has 10 heteroatoms. The Labute approximate surface area is 126 Å². The molecule has 23 heavy (non-hydrogen) atoms. The monoisotopic (exact) mass is 335 g/mol. The molecular weight excluding hydrogens is 325 g/mol. The van der Waals surface area contributed by atoms with Crippen LogP contribution in [0.5, 0.6) is 0 Å². The molecule has 0 aliphatic heterocycles. The Morgan fingerprint density at radius 2 is 1.83 bits per heavy atom. The molecule has 5 nitrogen and oxygen atoms in total. The fourth-order valence-electron chi connectivity index (χ4n) is 1.88. The molecule has 0 spiro atoms. The van der Waals surface area contributed by atoms with Crippen LogP contribution in [0.4, 0.5) is 22.0 Å². The zero-order valence-corrected chi connectivity index (χ0v) is 11.6. The molecule has 1 heterocycles. The molecule has 2 aromatic rings. The average molecular weight is 335 g/mol. The zero-order chi connectivity index (χ0) is 17.3. The number of halogens is 5. The maximum absolute atomic E-state index is 13.7. The van der Waals surface area contributed by atoms with Gasteiger partial charge in [-0.3, -0.25) is 0 Å². The second-order valence-electron chi connectivity index (χ2n) is 4.36. The molecule has 0 saturated heterocycles. The Hall–Kier alpha value is -2.52. The number of hydrogen-bond donors (Lipinski definition) is 1. The van der Waals surface area contributed by atoms with Crippen molar-refractivity contribution in [2.24, 2.45) is 0 Å². The highest BCUT2D eigenvalue weighted by Crippen LogP contribution is 2.47. The number of nitrogens with zero attached hydrogens (tertiary/aromatic N) is 2. The number of rotatable bonds is 4. The second-order valence-corrected chi connectivity index (χ2v) is 4.36. The average Bonchev–Trinajstić information content (AvgIpc) is 2.95. The fraction of sp³-hybridized carbons (Fsp3) is 0.308. The number of carbonyl (C=O) groups is 1. The quantitative estimate of drug-likeness (QED) is 0.688. The molecule has 2 rings (SSSR count). The molecule has 0 unspecified atom stereocenters. The van der Waals surface area contributed by atoms with Crippen molar-refractivity contribution in [2.45, 2.75) is 19.0 Å². The molecule has 0 radical (unpaired) electrons. The number of H-pyrrole nitrogens is 1. The second kappa shape index (κ2) is 5.94. The summed E-state index contributed by atoms with van der Waals surface area (Å²) in [5.74, 6) is -6.10. The lowest BCUT2D eigenvalue weighted by Crippen LogP contribution is -2.34. The molecule has 0 bridgehead atoms. The van der Waals surface area contributed by atoms with Crippen LogP contribution in [-0.2, 0) is 10.7 Å². The predicted octanol–water partition coefficient (Wildman–Crippen LogP) is 3.30. The van der Waals surface area contributed by atoms with E-state index in [0.717, 1.165) is 12.1 Å². The molecule has 1 aromatic heterocycles. The van der Waals surface area contributed by atoms with E-state index in [9.17, 15) is 26.7 Å². The van der Waals surface area contributed by atoms with Gasteiger partial charge in [-0.1, -0.05) is 24.3 Å². The van der Waals surface area contributed by atoms with Crippen LogP contribution in [-0.4, -0.2) is 34.2 Å². The first kappa shape index (κ1) is 16.8. The van der Waals surface area contributed by atoms with Gasteiger partial charge in [-0.15, -0.1) is 5.10 Å². The van der Waals surface area contributed by atoms with Crippen LogP contribution in [0.2, 0.25) is 0 Å². The van der Waals surface area contributed by atoms with Crippen LogP contribution < -0.4 is 0 Å². The summed E-state index contributed by atoms with van der Waals surface area (Å²) in [6.07, 6.45) is -5.79. The first-order valence-corrected chi connectivity index (χ1v) is 6.32. The largest absolute Gasteiger partial charge is 0.461 e. The van der Waals surface area contributed by atoms with Crippen LogP contribution >= 0.6 is 0 Å². The Morgan fingerprint density at radius 3 is 2.43 bits per heavy atom. The molecule has 0 aliphatic rings. The summed E-state index contributed by atoms with van der Waals surface area (Å²) in [4.78, 5) is 11.7. The van der Waals surface area contributed by atoms with E-state index in [0.29, 0.717) is 6.07 Å². The van der Waals surface area contributed by atoms with E-state index in [1.165, 1.54) is 13.0 Å². The number of carbonyl (C=O) groups excluding carboxylic acids is 1. The van der Waals surface area contributed by atoms with Crippen LogP contribution in [0, 0.1) is 0 Å². The van der Waals surface area contributed by atoms with Crippen LogP contribution in [0.15, 0.2) is 24.3 Å². The summed E-state index contributed by atoms with van der Waals surface area (Å²) in [5.41, 5.74) is -2.81. The minimum Gasteiger partial charge on any atom is -0.461 e. The van der Waals surface area contributed by atoms with E-state index in [1.807, 2.05) is 5.21 Å². The topological polar surface area (TPSA) is 67.9 Å². The van der Waals surface area contributed by atoms with Crippen molar-refractivity contribution in [1.82, 2.24) is 15.4 Å². The van der Waals surface area contributed by atoms with E-state index in [-0.39, 0.29) is 6.61 Å². The third-order valence-corrected chi connectivity index (χ3v) is 2.89.